The molecule has 1 fully saturated rings. The molecule has 0 unspecified atom stereocenters. The van der Waals surface area contributed by atoms with E-state index < -0.39 is 5.97 Å². The van der Waals surface area contributed by atoms with Crippen LogP contribution in [0.3, 0.4) is 0 Å². The molecular formula is C18H20N4O3. The summed E-state index contributed by atoms with van der Waals surface area (Å²) in [5, 5.41) is 13.0. The average Bonchev–Trinajstić information content (AvgIpc) is 3.33. The van der Waals surface area contributed by atoms with Crippen molar-refractivity contribution in [2.24, 2.45) is 13.0 Å². The normalized spacial score (nSPS) is 16.7. The minimum atomic E-state index is -1.13. The predicted molar refractivity (Wildman–Crippen MR) is 93.2 cm³/mol. The number of carboxylic acids is 1. The van der Waals surface area contributed by atoms with Crippen LogP contribution in [-0.2, 0) is 7.05 Å². The van der Waals surface area contributed by atoms with Gasteiger partial charge in [-0.2, -0.15) is 5.10 Å². The van der Waals surface area contributed by atoms with Gasteiger partial charge in [-0.15, -0.1) is 0 Å². The van der Waals surface area contributed by atoms with Crippen molar-refractivity contribution in [1.82, 2.24) is 9.78 Å². The molecule has 0 spiro atoms. The Kier molecular flexibility index (Phi) is 3.71. The monoisotopic (exact) mass is 340 g/mol. The van der Waals surface area contributed by atoms with Crippen molar-refractivity contribution in [3.63, 3.8) is 0 Å². The van der Waals surface area contributed by atoms with E-state index in [4.69, 9.17) is 5.11 Å². The number of para-hydroxylation sites is 2. The molecule has 2 aromatic rings. The molecule has 2 heterocycles. The number of fused-ring (bicyclic) bond motifs is 1. The van der Waals surface area contributed by atoms with Gasteiger partial charge in [0.25, 0.3) is 5.91 Å². The number of carbonyl (C=O) groups excluding carboxylic acids is 1. The second-order valence-corrected chi connectivity index (χ2v) is 6.68. The summed E-state index contributed by atoms with van der Waals surface area (Å²) in [6, 6.07) is 9.23. The number of amides is 1. The first kappa shape index (κ1) is 15.7. The highest BCUT2D eigenvalue weighted by atomic mass is 16.4. The molecule has 1 aromatic carbocycles. The molecule has 4 rings (SSSR count). The summed E-state index contributed by atoms with van der Waals surface area (Å²) < 4.78 is 1.34. The number of hydrogen-bond acceptors (Lipinski definition) is 4. The van der Waals surface area contributed by atoms with Gasteiger partial charge in [-0.05, 0) is 30.9 Å². The third-order valence-corrected chi connectivity index (χ3v) is 4.85. The predicted octanol–water partition coefficient (Wildman–Crippen LogP) is 2.00. The minimum Gasteiger partial charge on any atom is -0.476 e. The van der Waals surface area contributed by atoms with Crippen LogP contribution in [-0.4, -0.2) is 46.4 Å². The van der Waals surface area contributed by atoms with E-state index in [1.54, 1.807) is 11.9 Å². The third-order valence-electron chi connectivity index (χ3n) is 4.85. The Bertz CT molecular complexity index is 841. The van der Waals surface area contributed by atoms with Crippen LogP contribution in [0.2, 0.25) is 0 Å². The van der Waals surface area contributed by atoms with Crippen molar-refractivity contribution in [2.45, 2.75) is 12.8 Å². The SMILES string of the molecule is Cn1nc(C(=O)O)cc1C(=O)N1CCN(CC2CC2)c2ccccc21. The Morgan fingerprint density at radius 1 is 1.20 bits per heavy atom. The Morgan fingerprint density at radius 3 is 2.56 bits per heavy atom. The standard InChI is InChI=1S/C18H20N4O3/c1-20-16(10-13(19-20)18(24)25)17(23)22-9-8-21(11-12-6-7-12)14-4-2-3-5-15(14)22/h2-5,10,12H,6-9,11H2,1H3,(H,24,25). The molecule has 7 nitrogen and oxygen atoms in total. The number of aryl methyl sites for hydroxylation is 1. The van der Waals surface area contributed by atoms with Crippen molar-refractivity contribution in [1.29, 1.82) is 0 Å². The topological polar surface area (TPSA) is 78.7 Å². The van der Waals surface area contributed by atoms with Gasteiger partial charge < -0.3 is 14.9 Å². The van der Waals surface area contributed by atoms with Crippen molar-refractivity contribution >= 4 is 23.3 Å². The van der Waals surface area contributed by atoms with Crippen molar-refractivity contribution in [2.75, 3.05) is 29.4 Å². The van der Waals surface area contributed by atoms with Gasteiger partial charge in [0, 0.05) is 32.7 Å². The maximum Gasteiger partial charge on any atom is 0.356 e. The highest BCUT2D eigenvalue weighted by Gasteiger charge is 2.32. The Labute approximate surface area is 145 Å². The van der Waals surface area contributed by atoms with Crippen LogP contribution in [0.1, 0.15) is 33.8 Å². The van der Waals surface area contributed by atoms with Gasteiger partial charge in [0.2, 0.25) is 0 Å². The molecule has 0 atom stereocenters. The lowest BCUT2D eigenvalue weighted by atomic mass is 10.1. The molecule has 130 valence electrons. The summed E-state index contributed by atoms with van der Waals surface area (Å²) in [6.07, 6.45) is 2.57. The summed E-state index contributed by atoms with van der Waals surface area (Å²) in [7, 11) is 1.59. The van der Waals surface area contributed by atoms with E-state index in [0.717, 1.165) is 30.4 Å². The molecule has 0 radical (unpaired) electrons. The first-order valence-corrected chi connectivity index (χ1v) is 8.48. The van der Waals surface area contributed by atoms with E-state index in [-0.39, 0.29) is 17.3 Å². The zero-order valence-corrected chi connectivity index (χ0v) is 14.1. The van der Waals surface area contributed by atoms with Crippen LogP contribution >= 0.6 is 0 Å². The largest absolute Gasteiger partial charge is 0.476 e. The van der Waals surface area contributed by atoms with E-state index in [1.807, 2.05) is 24.3 Å². The number of anilines is 2. The van der Waals surface area contributed by atoms with Crippen LogP contribution in [0.5, 0.6) is 0 Å². The van der Waals surface area contributed by atoms with Crippen LogP contribution in [0.4, 0.5) is 11.4 Å². The Morgan fingerprint density at radius 2 is 1.92 bits per heavy atom. The summed E-state index contributed by atoms with van der Waals surface area (Å²) in [5.41, 5.74) is 2.10. The lowest BCUT2D eigenvalue weighted by Crippen LogP contribution is -2.45. The van der Waals surface area contributed by atoms with Crippen molar-refractivity contribution in [3.05, 3.63) is 41.7 Å². The zero-order valence-electron chi connectivity index (χ0n) is 14.1. The molecule has 1 aliphatic carbocycles. The number of benzene rings is 1. The molecule has 1 amide bonds. The number of carboxylic acid groups (broad SMARTS) is 1. The van der Waals surface area contributed by atoms with Crippen LogP contribution < -0.4 is 9.80 Å². The number of aromatic carboxylic acids is 1. The van der Waals surface area contributed by atoms with Gasteiger partial charge in [-0.25, -0.2) is 4.79 Å². The number of carbonyl (C=O) groups is 2. The smallest absolute Gasteiger partial charge is 0.356 e. The molecular weight excluding hydrogens is 320 g/mol. The quantitative estimate of drug-likeness (QED) is 0.921. The fourth-order valence-electron chi connectivity index (χ4n) is 3.34. The number of rotatable bonds is 4. The van der Waals surface area contributed by atoms with E-state index >= 15 is 0 Å². The van der Waals surface area contributed by atoms with Crippen molar-refractivity contribution in [3.8, 4) is 0 Å². The maximum atomic E-state index is 13.0. The lowest BCUT2D eigenvalue weighted by molar-refractivity contribution is 0.0689. The number of hydrogen-bond donors (Lipinski definition) is 1. The van der Waals surface area contributed by atoms with Crippen LogP contribution in [0.15, 0.2) is 30.3 Å². The van der Waals surface area contributed by atoms with Gasteiger partial charge in [0.05, 0.1) is 11.4 Å². The van der Waals surface area contributed by atoms with E-state index in [2.05, 4.69) is 10.00 Å². The zero-order chi connectivity index (χ0) is 17.6. The second kappa shape index (κ2) is 5.91. The van der Waals surface area contributed by atoms with Gasteiger partial charge in [-0.1, -0.05) is 12.1 Å². The summed E-state index contributed by atoms with van der Waals surface area (Å²) in [6.45, 7) is 2.40. The summed E-state index contributed by atoms with van der Waals surface area (Å²) in [4.78, 5) is 28.2. The first-order valence-electron chi connectivity index (χ1n) is 8.48. The van der Waals surface area contributed by atoms with Gasteiger partial charge in [0.1, 0.15) is 5.69 Å². The Hall–Kier alpha value is -2.83. The van der Waals surface area contributed by atoms with Crippen LogP contribution in [0, 0.1) is 5.92 Å². The molecule has 1 aromatic heterocycles. The lowest BCUT2D eigenvalue weighted by Gasteiger charge is -2.37. The van der Waals surface area contributed by atoms with E-state index in [1.165, 1.54) is 23.6 Å². The number of aromatic nitrogens is 2. The number of nitrogens with zero attached hydrogens (tertiary/aromatic N) is 4. The molecule has 7 heteroatoms. The van der Waals surface area contributed by atoms with Crippen molar-refractivity contribution < 1.29 is 14.7 Å². The molecule has 1 saturated carbocycles. The molecule has 1 N–H and O–H groups in total. The third kappa shape index (κ3) is 2.86. The summed E-state index contributed by atoms with van der Waals surface area (Å²) in [5.74, 6) is -0.587. The summed E-state index contributed by atoms with van der Waals surface area (Å²) >= 11 is 0. The highest BCUT2D eigenvalue weighted by Crippen LogP contribution is 2.37. The van der Waals surface area contributed by atoms with E-state index in [0.29, 0.717) is 6.54 Å². The highest BCUT2D eigenvalue weighted by molar-refractivity contribution is 6.08. The fraction of sp³-hybridized carbons (Fsp3) is 0.389. The molecule has 0 saturated heterocycles. The van der Waals surface area contributed by atoms with Crippen LogP contribution in [0.25, 0.3) is 0 Å². The van der Waals surface area contributed by atoms with Gasteiger partial charge >= 0.3 is 5.97 Å². The molecule has 1 aliphatic heterocycles. The Balaban J connectivity index is 1.65. The average molecular weight is 340 g/mol. The molecule has 0 bridgehead atoms. The first-order chi connectivity index (χ1) is 12.0. The molecule has 2 aliphatic rings. The van der Waals surface area contributed by atoms with Gasteiger partial charge in [-0.3, -0.25) is 9.48 Å². The maximum absolute atomic E-state index is 13.0. The second-order valence-electron chi connectivity index (χ2n) is 6.68. The van der Waals surface area contributed by atoms with Gasteiger partial charge in [0.15, 0.2) is 5.69 Å². The fourth-order valence-corrected chi connectivity index (χ4v) is 3.34. The minimum absolute atomic E-state index is 0.119. The van der Waals surface area contributed by atoms with E-state index in [9.17, 15) is 9.59 Å². The molecule has 25 heavy (non-hydrogen) atoms.